The molecule has 0 amide bonds. The van der Waals surface area contributed by atoms with E-state index in [9.17, 15) is 18.0 Å². The fourth-order valence-electron chi connectivity index (χ4n) is 1.43. The number of carbonyl (C=O) groups is 2. The van der Waals surface area contributed by atoms with Crippen LogP contribution in [-0.2, 0) is 19.6 Å². The summed E-state index contributed by atoms with van der Waals surface area (Å²) in [5.74, 6) is -1.80. The van der Waals surface area contributed by atoms with E-state index in [1.54, 1.807) is 6.92 Å². The molecule has 112 valence electrons. The molecule has 0 aliphatic heterocycles. The van der Waals surface area contributed by atoms with E-state index in [1.807, 2.05) is 0 Å². The molecule has 1 rings (SSSR count). The van der Waals surface area contributed by atoms with Crippen molar-refractivity contribution in [2.75, 3.05) is 20.2 Å². The number of nitrogens with zero attached hydrogens (tertiary/aromatic N) is 1. The predicted octanol–water partition coefficient (Wildman–Crippen LogP) is 1.02. The van der Waals surface area contributed by atoms with Crippen LogP contribution in [0.15, 0.2) is 16.3 Å². The van der Waals surface area contributed by atoms with Crippen molar-refractivity contribution in [1.29, 1.82) is 0 Å². The van der Waals surface area contributed by atoms with Crippen molar-refractivity contribution in [2.24, 2.45) is 0 Å². The van der Waals surface area contributed by atoms with Crippen LogP contribution in [0.1, 0.15) is 23.0 Å². The number of hydrogen-bond donors (Lipinski definition) is 1. The smallest absolute Gasteiger partial charge is 0.347 e. The number of carboxylic acid groups (broad SMARTS) is 1. The number of thiophene rings is 1. The standard InChI is InChI=1S/C11H15NO6S2/c1-3-18-9(13)4-6-12(2)20(16,17)8-5-7-19-10(8)11(14)15/h5,7H,3-4,6H2,1-2H3,(H,14,15). The van der Waals surface area contributed by atoms with Gasteiger partial charge < -0.3 is 9.84 Å². The van der Waals surface area contributed by atoms with E-state index in [0.717, 1.165) is 15.6 Å². The van der Waals surface area contributed by atoms with Crippen LogP contribution < -0.4 is 0 Å². The normalized spacial score (nSPS) is 11.6. The third-order valence-electron chi connectivity index (χ3n) is 2.45. The van der Waals surface area contributed by atoms with Crippen molar-refractivity contribution in [3.05, 3.63) is 16.3 Å². The van der Waals surface area contributed by atoms with E-state index >= 15 is 0 Å². The quantitative estimate of drug-likeness (QED) is 0.752. The summed E-state index contributed by atoms with van der Waals surface area (Å²) in [7, 11) is -2.64. The van der Waals surface area contributed by atoms with Gasteiger partial charge in [-0.05, 0) is 18.4 Å². The summed E-state index contributed by atoms with van der Waals surface area (Å²) in [5, 5.41) is 10.3. The average molecular weight is 321 g/mol. The molecule has 0 spiro atoms. The molecule has 7 nitrogen and oxygen atoms in total. The first kappa shape index (κ1) is 16.6. The van der Waals surface area contributed by atoms with E-state index in [2.05, 4.69) is 0 Å². The van der Waals surface area contributed by atoms with Crippen LogP contribution in [0.2, 0.25) is 0 Å². The van der Waals surface area contributed by atoms with Gasteiger partial charge in [-0.1, -0.05) is 0 Å². The number of carboxylic acids is 1. The van der Waals surface area contributed by atoms with Gasteiger partial charge in [0.25, 0.3) is 0 Å². The van der Waals surface area contributed by atoms with Gasteiger partial charge >= 0.3 is 11.9 Å². The molecule has 1 heterocycles. The zero-order chi connectivity index (χ0) is 15.3. The maximum Gasteiger partial charge on any atom is 0.347 e. The molecular weight excluding hydrogens is 306 g/mol. The van der Waals surface area contributed by atoms with Crippen molar-refractivity contribution in [2.45, 2.75) is 18.2 Å². The first-order valence-electron chi connectivity index (χ1n) is 5.73. The molecule has 0 fully saturated rings. The third kappa shape index (κ3) is 3.78. The summed E-state index contributed by atoms with van der Waals surface area (Å²) in [6.07, 6.45) is -0.0872. The van der Waals surface area contributed by atoms with Crippen LogP contribution in [0.5, 0.6) is 0 Å². The maximum absolute atomic E-state index is 12.2. The SMILES string of the molecule is CCOC(=O)CCN(C)S(=O)(=O)c1ccsc1C(=O)O. The Morgan fingerprint density at radius 3 is 2.65 bits per heavy atom. The number of hydrogen-bond acceptors (Lipinski definition) is 6. The highest BCUT2D eigenvalue weighted by Gasteiger charge is 2.28. The van der Waals surface area contributed by atoms with Gasteiger partial charge in [-0.2, -0.15) is 0 Å². The largest absolute Gasteiger partial charge is 0.477 e. The second-order valence-corrected chi connectivity index (χ2v) is 6.73. The van der Waals surface area contributed by atoms with Gasteiger partial charge in [0, 0.05) is 13.6 Å². The van der Waals surface area contributed by atoms with Gasteiger partial charge in [-0.3, -0.25) is 4.79 Å². The molecule has 0 aliphatic carbocycles. The monoisotopic (exact) mass is 321 g/mol. The highest BCUT2D eigenvalue weighted by molar-refractivity contribution is 7.89. The lowest BCUT2D eigenvalue weighted by Crippen LogP contribution is -2.30. The lowest BCUT2D eigenvalue weighted by molar-refractivity contribution is -0.143. The Morgan fingerprint density at radius 2 is 2.10 bits per heavy atom. The van der Waals surface area contributed by atoms with Crippen LogP contribution in [0, 0.1) is 0 Å². The molecule has 0 radical (unpaired) electrons. The summed E-state index contributed by atoms with van der Waals surface area (Å²) < 4.78 is 30.1. The Labute approximate surface area is 120 Å². The van der Waals surface area contributed by atoms with Crippen LogP contribution in [0.25, 0.3) is 0 Å². The maximum atomic E-state index is 12.2. The average Bonchev–Trinajstić information content (AvgIpc) is 2.86. The van der Waals surface area contributed by atoms with Crippen molar-refractivity contribution < 1.29 is 27.9 Å². The number of carbonyl (C=O) groups excluding carboxylic acids is 1. The zero-order valence-electron chi connectivity index (χ0n) is 11.0. The number of sulfonamides is 1. The Kier molecular flexibility index (Phi) is 5.66. The predicted molar refractivity (Wildman–Crippen MR) is 72.3 cm³/mol. The molecule has 0 aliphatic rings. The van der Waals surface area contributed by atoms with Crippen LogP contribution >= 0.6 is 11.3 Å². The Bertz CT molecular complexity index is 592. The third-order valence-corrected chi connectivity index (χ3v) is 5.38. The second kappa shape index (κ2) is 6.82. The first-order chi connectivity index (χ1) is 9.30. The summed E-state index contributed by atoms with van der Waals surface area (Å²) in [4.78, 5) is 21.7. The Morgan fingerprint density at radius 1 is 1.45 bits per heavy atom. The molecule has 0 bridgehead atoms. The lowest BCUT2D eigenvalue weighted by Gasteiger charge is -2.16. The molecule has 20 heavy (non-hydrogen) atoms. The van der Waals surface area contributed by atoms with Crippen molar-refractivity contribution >= 4 is 33.3 Å². The minimum atomic E-state index is -3.93. The van der Waals surface area contributed by atoms with Gasteiger partial charge in [0.15, 0.2) is 0 Å². The van der Waals surface area contributed by atoms with Crippen LogP contribution in [0.4, 0.5) is 0 Å². The first-order valence-corrected chi connectivity index (χ1v) is 8.05. The molecule has 1 aromatic rings. The summed E-state index contributed by atoms with van der Waals surface area (Å²) in [6, 6.07) is 1.24. The highest BCUT2D eigenvalue weighted by Crippen LogP contribution is 2.24. The van der Waals surface area contributed by atoms with E-state index in [0.29, 0.717) is 0 Å². The van der Waals surface area contributed by atoms with Gasteiger partial charge in [0.2, 0.25) is 10.0 Å². The minimum absolute atomic E-state index is 0.0733. The van der Waals surface area contributed by atoms with Gasteiger partial charge in [-0.25, -0.2) is 17.5 Å². The van der Waals surface area contributed by atoms with Crippen LogP contribution in [-0.4, -0.2) is 50.0 Å². The van der Waals surface area contributed by atoms with E-state index in [4.69, 9.17) is 9.84 Å². The molecule has 0 atom stereocenters. The summed E-state index contributed by atoms with van der Waals surface area (Å²) in [6.45, 7) is 1.81. The molecule has 0 saturated heterocycles. The fourth-order valence-corrected chi connectivity index (χ4v) is 3.83. The number of rotatable bonds is 7. The number of ether oxygens (including phenoxy) is 1. The Hall–Kier alpha value is -1.45. The van der Waals surface area contributed by atoms with E-state index < -0.39 is 22.0 Å². The van der Waals surface area contributed by atoms with Crippen molar-refractivity contribution in [3.63, 3.8) is 0 Å². The highest BCUT2D eigenvalue weighted by atomic mass is 32.2. The Balaban J connectivity index is 2.85. The molecular formula is C11H15NO6S2. The summed E-state index contributed by atoms with van der Waals surface area (Å²) in [5.41, 5.74) is 0. The van der Waals surface area contributed by atoms with Crippen molar-refractivity contribution in [3.8, 4) is 0 Å². The molecule has 1 aromatic heterocycles. The van der Waals surface area contributed by atoms with Crippen LogP contribution in [0.3, 0.4) is 0 Å². The number of aromatic carboxylic acids is 1. The molecule has 0 unspecified atom stereocenters. The van der Waals surface area contributed by atoms with Crippen molar-refractivity contribution in [1.82, 2.24) is 4.31 Å². The van der Waals surface area contributed by atoms with Gasteiger partial charge in [0.05, 0.1) is 13.0 Å². The van der Waals surface area contributed by atoms with E-state index in [1.165, 1.54) is 18.5 Å². The zero-order valence-corrected chi connectivity index (χ0v) is 12.7. The van der Waals surface area contributed by atoms with Gasteiger partial charge in [-0.15, -0.1) is 11.3 Å². The fraction of sp³-hybridized carbons (Fsp3) is 0.455. The topological polar surface area (TPSA) is 101 Å². The number of esters is 1. The lowest BCUT2D eigenvalue weighted by atomic mass is 10.4. The molecule has 0 aromatic carbocycles. The molecule has 1 N–H and O–H groups in total. The van der Waals surface area contributed by atoms with E-state index in [-0.39, 0.29) is 29.3 Å². The van der Waals surface area contributed by atoms with Gasteiger partial charge in [0.1, 0.15) is 9.77 Å². The molecule has 9 heteroatoms. The second-order valence-electron chi connectivity index (χ2n) is 3.80. The summed E-state index contributed by atoms with van der Waals surface area (Å²) >= 11 is 0.837. The minimum Gasteiger partial charge on any atom is -0.477 e. The molecule has 0 saturated carbocycles.